The lowest BCUT2D eigenvalue weighted by atomic mass is 10.1. The van der Waals surface area contributed by atoms with Gasteiger partial charge >= 0.3 is 11.8 Å². The average molecular weight is 324 g/mol. The molecule has 0 saturated carbocycles. The molecule has 126 valence electrons. The summed E-state index contributed by atoms with van der Waals surface area (Å²) in [5.74, 6) is -1.11. The van der Waals surface area contributed by atoms with Crippen molar-refractivity contribution in [1.82, 2.24) is 10.6 Å². The lowest BCUT2D eigenvalue weighted by Crippen LogP contribution is -2.40. The van der Waals surface area contributed by atoms with Gasteiger partial charge in [-0.3, -0.25) is 9.59 Å². The molecule has 0 aliphatic heterocycles. The van der Waals surface area contributed by atoms with Gasteiger partial charge in [0.15, 0.2) is 0 Å². The molecule has 0 spiro atoms. The van der Waals surface area contributed by atoms with Crippen molar-refractivity contribution in [2.45, 2.75) is 25.7 Å². The maximum Gasteiger partial charge on any atom is 0.309 e. The zero-order valence-corrected chi connectivity index (χ0v) is 13.8. The lowest BCUT2D eigenvalue weighted by molar-refractivity contribution is -0.139. The molecule has 0 saturated heterocycles. The average Bonchev–Trinajstić information content (AvgIpc) is 2.63. The van der Waals surface area contributed by atoms with Crippen LogP contribution in [0.3, 0.4) is 0 Å². The van der Waals surface area contributed by atoms with E-state index in [0.29, 0.717) is 13.1 Å². The number of nitrogens with one attached hydrogen (secondary N) is 2. The molecule has 0 fully saturated rings. The summed E-state index contributed by atoms with van der Waals surface area (Å²) in [6, 6.07) is 20.2. The van der Waals surface area contributed by atoms with Crippen molar-refractivity contribution >= 4 is 11.8 Å². The van der Waals surface area contributed by atoms with Crippen LogP contribution in [-0.2, 0) is 22.4 Å². The molecule has 0 aliphatic rings. The number of aryl methyl sites for hydroxylation is 2. The third kappa shape index (κ3) is 6.65. The molecule has 4 heteroatoms. The predicted octanol–water partition coefficient (Wildman–Crippen LogP) is 2.48. The molecule has 2 amide bonds. The third-order valence-corrected chi connectivity index (χ3v) is 3.75. The van der Waals surface area contributed by atoms with Crippen LogP contribution < -0.4 is 10.6 Å². The molecule has 2 aromatic rings. The maximum atomic E-state index is 11.7. The smallest absolute Gasteiger partial charge is 0.309 e. The SMILES string of the molecule is O=C(NCCCc1ccccc1)C(=O)NCCCc1ccccc1. The summed E-state index contributed by atoms with van der Waals surface area (Å²) < 4.78 is 0. The van der Waals surface area contributed by atoms with E-state index in [4.69, 9.17) is 0 Å². The van der Waals surface area contributed by atoms with Gasteiger partial charge in [0.25, 0.3) is 0 Å². The van der Waals surface area contributed by atoms with Crippen molar-refractivity contribution in [2.75, 3.05) is 13.1 Å². The van der Waals surface area contributed by atoms with E-state index in [9.17, 15) is 9.59 Å². The first-order valence-electron chi connectivity index (χ1n) is 8.39. The molecular weight excluding hydrogens is 300 g/mol. The third-order valence-electron chi connectivity index (χ3n) is 3.75. The first kappa shape index (κ1) is 17.7. The highest BCUT2D eigenvalue weighted by molar-refractivity contribution is 6.35. The van der Waals surface area contributed by atoms with Crippen LogP contribution >= 0.6 is 0 Å². The molecule has 2 aromatic carbocycles. The van der Waals surface area contributed by atoms with E-state index < -0.39 is 11.8 Å². The van der Waals surface area contributed by atoms with Gasteiger partial charge < -0.3 is 10.6 Å². The molecule has 0 aromatic heterocycles. The molecule has 0 radical (unpaired) electrons. The van der Waals surface area contributed by atoms with Gasteiger partial charge in [-0.1, -0.05) is 60.7 Å². The number of benzene rings is 2. The highest BCUT2D eigenvalue weighted by atomic mass is 16.2. The van der Waals surface area contributed by atoms with Gasteiger partial charge in [-0.25, -0.2) is 0 Å². The van der Waals surface area contributed by atoms with E-state index in [1.165, 1.54) is 11.1 Å². The number of rotatable bonds is 8. The van der Waals surface area contributed by atoms with E-state index in [1.54, 1.807) is 0 Å². The van der Waals surface area contributed by atoms with E-state index in [1.807, 2.05) is 36.4 Å². The summed E-state index contributed by atoms with van der Waals surface area (Å²) in [7, 11) is 0. The zero-order chi connectivity index (χ0) is 17.0. The molecule has 0 atom stereocenters. The highest BCUT2D eigenvalue weighted by Gasteiger charge is 2.11. The van der Waals surface area contributed by atoms with Crippen LogP contribution in [0.1, 0.15) is 24.0 Å². The van der Waals surface area contributed by atoms with Crippen LogP contribution in [0.2, 0.25) is 0 Å². The van der Waals surface area contributed by atoms with Crippen molar-refractivity contribution in [1.29, 1.82) is 0 Å². The van der Waals surface area contributed by atoms with Gasteiger partial charge in [0, 0.05) is 13.1 Å². The van der Waals surface area contributed by atoms with Gasteiger partial charge in [-0.2, -0.15) is 0 Å². The van der Waals surface area contributed by atoms with Crippen molar-refractivity contribution in [2.24, 2.45) is 0 Å². The summed E-state index contributed by atoms with van der Waals surface area (Å²) >= 11 is 0. The van der Waals surface area contributed by atoms with Crippen LogP contribution in [0.25, 0.3) is 0 Å². The minimum absolute atomic E-state index is 0.505. The summed E-state index contributed by atoms with van der Waals surface area (Å²) in [5, 5.41) is 5.32. The van der Waals surface area contributed by atoms with E-state index >= 15 is 0 Å². The molecule has 2 N–H and O–H groups in total. The Balaban J connectivity index is 1.54. The van der Waals surface area contributed by atoms with E-state index in [0.717, 1.165) is 25.7 Å². The molecule has 0 heterocycles. The number of carbonyl (C=O) groups is 2. The maximum absolute atomic E-state index is 11.7. The van der Waals surface area contributed by atoms with E-state index in [2.05, 4.69) is 34.9 Å². The van der Waals surface area contributed by atoms with Crippen LogP contribution in [-0.4, -0.2) is 24.9 Å². The molecule has 0 bridgehead atoms. The van der Waals surface area contributed by atoms with Crippen molar-refractivity contribution in [3.63, 3.8) is 0 Å². The number of carbonyl (C=O) groups excluding carboxylic acids is 2. The Hall–Kier alpha value is -2.62. The van der Waals surface area contributed by atoms with E-state index in [-0.39, 0.29) is 0 Å². The molecule has 2 rings (SSSR count). The van der Waals surface area contributed by atoms with Gasteiger partial charge in [-0.15, -0.1) is 0 Å². The van der Waals surface area contributed by atoms with Crippen LogP contribution in [0.15, 0.2) is 60.7 Å². The Morgan fingerprint density at radius 2 is 1.00 bits per heavy atom. The minimum atomic E-state index is -0.553. The fourth-order valence-electron chi connectivity index (χ4n) is 2.44. The van der Waals surface area contributed by atoms with Gasteiger partial charge in [0.2, 0.25) is 0 Å². The lowest BCUT2D eigenvalue weighted by Gasteiger charge is -2.07. The second kappa shape index (κ2) is 10.2. The topological polar surface area (TPSA) is 58.2 Å². The van der Waals surface area contributed by atoms with Crippen molar-refractivity contribution in [3.05, 3.63) is 71.8 Å². The Kier molecular flexibility index (Phi) is 7.54. The number of hydrogen-bond acceptors (Lipinski definition) is 2. The van der Waals surface area contributed by atoms with Gasteiger partial charge in [0.1, 0.15) is 0 Å². The van der Waals surface area contributed by atoms with Crippen molar-refractivity contribution in [3.8, 4) is 0 Å². The Morgan fingerprint density at radius 3 is 1.38 bits per heavy atom. The summed E-state index contributed by atoms with van der Waals surface area (Å²) in [6.07, 6.45) is 3.41. The number of hydrogen-bond donors (Lipinski definition) is 2. The molecule has 4 nitrogen and oxygen atoms in total. The van der Waals surface area contributed by atoms with Crippen LogP contribution in [0.4, 0.5) is 0 Å². The zero-order valence-electron chi connectivity index (χ0n) is 13.8. The summed E-state index contributed by atoms with van der Waals surface area (Å²) in [5.41, 5.74) is 2.47. The summed E-state index contributed by atoms with van der Waals surface area (Å²) in [6.45, 7) is 1.01. The number of amides is 2. The van der Waals surface area contributed by atoms with Gasteiger partial charge in [0.05, 0.1) is 0 Å². The second-order valence-corrected chi connectivity index (χ2v) is 5.69. The second-order valence-electron chi connectivity index (χ2n) is 5.69. The molecule has 0 aliphatic carbocycles. The van der Waals surface area contributed by atoms with Crippen molar-refractivity contribution < 1.29 is 9.59 Å². The van der Waals surface area contributed by atoms with Gasteiger partial charge in [-0.05, 0) is 36.8 Å². The first-order valence-corrected chi connectivity index (χ1v) is 8.39. The normalized spacial score (nSPS) is 10.2. The van der Waals surface area contributed by atoms with Crippen LogP contribution in [0, 0.1) is 0 Å². The quantitative estimate of drug-likeness (QED) is 0.579. The fourth-order valence-corrected chi connectivity index (χ4v) is 2.44. The monoisotopic (exact) mass is 324 g/mol. The fraction of sp³-hybridized carbons (Fsp3) is 0.300. The Morgan fingerprint density at radius 1 is 0.625 bits per heavy atom. The summed E-state index contributed by atoms with van der Waals surface area (Å²) in [4.78, 5) is 23.4. The molecular formula is C20H24N2O2. The Bertz CT molecular complexity index is 569. The largest absolute Gasteiger partial charge is 0.348 e. The standard InChI is InChI=1S/C20H24N2O2/c23-19(21-15-7-13-17-9-3-1-4-10-17)20(24)22-16-8-14-18-11-5-2-6-12-18/h1-6,9-12H,7-8,13-16H2,(H,21,23)(H,22,24). The minimum Gasteiger partial charge on any atom is -0.348 e. The Labute approximate surface area is 143 Å². The predicted molar refractivity (Wildman–Crippen MR) is 95.5 cm³/mol. The van der Waals surface area contributed by atoms with Crippen LogP contribution in [0.5, 0.6) is 0 Å². The molecule has 24 heavy (non-hydrogen) atoms. The molecule has 0 unspecified atom stereocenters. The highest BCUT2D eigenvalue weighted by Crippen LogP contribution is 2.02. The first-order chi connectivity index (χ1) is 11.8.